The van der Waals surface area contributed by atoms with E-state index in [2.05, 4.69) is 21.1 Å². The minimum Gasteiger partial charge on any atom is -0.337 e. The first-order valence-electron chi connectivity index (χ1n) is 5.29. The topological polar surface area (TPSA) is 87.7 Å². The third-order valence-electron chi connectivity index (χ3n) is 2.60. The van der Waals surface area contributed by atoms with Crippen LogP contribution in [0, 0.1) is 11.1 Å². The van der Waals surface area contributed by atoms with Crippen LogP contribution in [0.15, 0.2) is 36.4 Å². The van der Waals surface area contributed by atoms with Gasteiger partial charge in [-0.25, -0.2) is 9.97 Å². The molecule has 0 fully saturated rings. The molecule has 0 amide bonds. The van der Waals surface area contributed by atoms with Crippen molar-refractivity contribution < 1.29 is 4.87 Å². The monoisotopic (exact) mass is 239 g/mol. The molecule has 6 heteroatoms. The summed E-state index contributed by atoms with van der Waals surface area (Å²) in [5.74, 6) is 5.80. The van der Waals surface area contributed by atoms with Gasteiger partial charge in [-0.15, -0.1) is 0 Å². The Hall–Kier alpha value is -2.76. The summed E-state index contributed by atoms with van der Waals surface area (Å²) >= 11 is 0. The van der Waals surface area contributed by atoms with Crippen LogP contribution in [-0.2, 0) is 0 Å². The Morgan fingerprint density at radius 2 is 2.00 bits per heavy atom. The molecule has 3 aromatic rings. The van der Waals surface area contributed by atoms with Crippen LogP contribution in [0.2, 0.25) is 0 Å². The van der Waals surface area contributed by atoms with Gasteiger partial charge in [-0.3, -0.25) is 0 Å². The number of hydrogen-bond acceptors (Lipinski definition) is 3. The Morgan fingerprint density at radius 1 is 1.22 bits per heavy atom. The zero-order valence-electron chi connectivity index (χ0n) is 9.29. The van der Waals surface area contributed by atoms with Crippen molar-refractivity contribution in [2.75, 3.05) is 0 Å². The van der Waals surface area contributed by atoms with E-state index >= 15 is 0 Å². The SMILES string of the molecule is N[N+](=O)c1ccc(-c2nc3n[c]ccc3[nH]2)cc1. The van der Waals surface area contributed by atoms with E-state index in [1.54, 1.807) is 30.3 Å². The molecule has 2 heterocycles. The van der Waals surface area contributed by atoms with Crippen molar-refractivity contribution in [3.05, 3.63) is 47.5 Å². The van der Waals surface area contributed by atoms with Crippen LogP contribution >= 0.6 is 0 Å². The maximum Gasteiger partial charge on any atom is 0.291 e. The molecule has 0 saturated carbocycles. The largest absolute Gasteiger partial charge is 0.337 e. The number of aromatic amines is 1. The van der Waals surface area contributed by atoms with Gasteiger partial charge in [0.1, 0.15) is 5.82 Å². The fourth-order valence-electron chi connectivity index (χ4n) is 1.70. The maximum atomic E-state index is 10.9. The molecule has 2 aromatic heterocycles. The highest BCUT2D eigenvalue weighted by Gasteiger charge is 2.10. The number of rotatable bonds is 2. The summed E-state index contributed by atoms with van der Waals surface area (Å²) in [6.07, 6.45) is 2.73. The molecule has 6 nitrogen and oxygen atoms in total. The Labute approximate surface area is 102 Å². The lowest BCUT2D eigenvalue weighted by atomic mass is 10.2. The van der Waals surface area contributed by atoms with Crippen LogP contribution in [0.4, 0.5) is 5.69 Å². The van der Waals surface area contributed by atoms with Crippen molar-refractivity contribution in [2.24, 2.45) is 5.84 Å². The summed E-state index contributed by atoms with van der Waals surface area (Å²) in [5.41, 5.74) is 2.71. The minimum atomic E-state index is 0.318. The zero-order valence-corrected chi connectivity index (χ0v) is 9.29. The number of benzene rings is 1. The quantitative estimate of drug-likeness (QED) is 0.405. The summed E-state index contributed by atoms with van der Waals surface area (Å²) in [6.45, 7) is 0. The van der Waals surface area contributed by atoms with Gasteiger partial charge in [0.15, 0.2) is 10.5 Å². The first-order chi connectivity index (χ1) is 8.74. The van der Waals surface area contributed by atoms with Gasteiger partial charge in [0.25, 0.3) is 5.69 Å². The van der Waals surface area contributed by atoms with Crippen molar-refractivity contribution in [3.63, 3.8) is 0 Å². The van der Waals surface area contributed by atoms with Crippen molar-refractivity contribution >= 4 is 16.9 Å². The minimum absolute atomic E-state index is 0.318. The molecule has 0 aliphatic rings. The van der Waals surface area contributed by atoms with E-state index in [-0.39, 0.29) is 0 Å². The number of pyridine rings is 1. The third kappa shape index (κ3) is 1.69. The van der Waals surface area contributed by atoms with E-state index < -0.39 is 0 Å². The number of aromatic nitrogens is 3. The molecule has 0 saturated heterocycles. The molecule has 18 heavy (non-hydrogen) atoms. The number of hydrogen-bond donors (Lipinski definition) is 2. The zero-order chi connectivity index (χ0) is 12.5. The van der Waals surface area contributed by atoms with E-state index in [9.17, 15) is 4.91 Å². The number of fused-ring (bicyclic) bond motifs is 1. The van der Waals surface area contributed by atoms with Crippen LogP contribution in [0.25, 0.3) is 22.6 Å². The van der Waals surface area contributed by atoms with E-state index in [0.29, 0.717) is 22.0 Å². The Bertz CT molecular complexity index is 684. The summed E-state index contributed by atoms with van der Waals surface area (Å²) in [5, 5.41) is 0. The number of nitroso groups, excluding NO2 is 1. The van der Waals surface area contributed by atoms with Gasteiger partial charge in [-0.2, -0.15) is 5.84 Å². The molecular weight excluding hydrogens is 230 g/mol. The van der Waals surface area contributed by atoms with Crippen molar-refractivity contribution in [2.45, 2.75) is 0 Å². The highest BCUT2D eigenvalue weighted by atomic mass is 16.3. The summed E-state index contributed by atoms with van der Waals surface area (Å²) < 4.78 is 0. The predicted octanol–water partition coefficient (Wildman–Crippen LogP) is 1.71. The highest BCUT2D eigenvalue weighted by molar-refractivity contribution is 5.75. The molecule has 1 radical (unpaired) electrons. The van der Waals surface area contributed by atoms with Gasteiger partial charge in [0, 0.05) is 17.7 Å². The van der Waals surface area contributed by atoms with Crippen molar-refractivity contribution in [1.82, 2.24) is 15.0 Å². The predicted molar refractivity (Wildman–Crippen MR) is 65.6 cm³/mol. The second kappa shape index (κ2) is 3.92. The van der Waals surface area contributed by atoms with Gasteiger partial charge >= 0.3 is 0 Å². The lowest BCUT2D eigenvalue weighted by molar-refractivity contribution is -0.474. The number of nitrogens with zero attached hydrogens (tertiary/aromatic N) is 3. The lowest BCUT2D eigenvalue weighted by Crippen LogP contribution is -2.08. The van der Waals surface area contributed by atoms with Gasteiger partial charge in [0.2, 0.25) is 0 Å². The standard InChI is InChI=1S/C12H9N5O/c13-17(18)9-5-3-8(4-6-9)11-15-10-2-1-7-14-12(10)16-11/h1-6H,(H2,13,18)(H,14,15,16)/q+1. The first kappa shape index (κ1) is 10.4. The van der Waals surface area contributed by atoms with Crippen LogP contribution in [-0.4, -0.2) is 19.8 Å². The van der Waals surface area contributed by atoms with Crippen LogP contribution in [0.1, 0.15) is 0 Å². The fourth-order valence-corrected chi connectivity index (χ4v) is 1.70. The Kier molecular flexibility index (Phi) is 2.26. The number of imidazole rings is 1. The van der Waals surface area contributed by atoms with Crippen LogP contribution < -0.4 is 5.84 Å². The molecule has 0 aliphatic carbocycles. The molecule has 3 N–H and O–H groups in total. The third-order valence-corrected chi connectivity index (χ3v) is 2.60. The van der Waals surface area contributed by atoms with Crippen LogP contribution in [0.5, 0.6) is 0 Å². The molecule has 3 rings (SSSR count). The number of nitrogens with one attached hydrogen (secondary N) is 1. The van der Waals surface area contributed by atoms with E-state index in [4.69, 9.17) is 5.84 Å². The lowest BCUT2D eigenvalue weighted by Gasteiger charge is -1.94. The summed E-state index contributed by atoms with van der Waals surface area (Å²) in [7, 11) is 0. The fraction of sp³-hybridized carbons (Fsp3) is 0. The number of H-pyrrole nitrogens is 1. The molecule has 0 atom stereocenters. The smallest absolute Gasteiger partial charge is 0.291 e. The Balaban J connectivity index is 2.06. The second-order valence-electron chi connectivity index (χ2n) is 3.77. The van der Waals surface area contributed by atoms with Gasteiger partial charge < -0.3 is 4.98 Å². The Morgan fingerprint density at radius 3 is 2.67 bits per heavy atom. The summed E-state index contributed by atoms with van der Waals surface area (Å²) in [6, 6.07) is 10.4. The molecule has 0 unspecified atom stereocenters. The van der Waals surface area contributed by atoms with Crippen LogP contribution in [0.3, 0.4) is 0 Å². The summed E-state index contributed by atoms with van der Waals surface area (Å²) in [4.78, 5) is 22.7. The van der Waals surface area contributed by atoms with Crippen molar-refractivity contribution in [3.8, 4) is 11.4 Å². The average Bonchev–Trinajstić information content (AvgIpc) is 2.82. The average molecular weight is 239 g/mol. The van der Waals surface area contributed by atoms with Gasteiger partial charge in [0.05, 0.1) is 16.6 Å². The highest BCUT2D eigenvalue weighted by Crippen LogP contribution is 2.21. The maximum absolute atomic E-state index is 10.9. The normalized spacial score (nSPS) is 10.7. The van der Waals surface area contributed by atoms with E-state index in [1.807, 2.05) is 6.07 Å². The second-order valence-corrected chi connectivity index (χ2v) is 3.77. The number of nitrogens with two attached hydrogens (primary N) is 1. The first-order valence-corrected chi connectivity index (χ1v) is 5.29. The molecule has 1 aromatic carbocycles. The van der Waals surface area contributed by atoms with E-state index in [0.717, 1.165) is 11.1 Å². The molecule has 0 spiro atoms. The van der Waals surface area contributed by atoms with Crippen molar-refractivity contribution in [1.29, 1.82) is 0 Å². The molecule has 0 bridgehead atoms. The van der Waals surface area contributed by atoms with E-state index in [1.165, 1.54) is 0 Å². The van der Waals surface area contributed by atoms with Gasteiger partial charge in [-0.1, -0.05) is 0 Å². The molecular formula is C12H9N5O+. The molecule has 87 valence electrons. The molecule has 0 aliphatic heterocycles. The van der Waals surface area contributed by atoms with Gasteiger partial charge in [-0.05, 0) is 24.3 Å². The number of hydrazine groups is 1.